The van der Waals surface area contributed by atoms with Crippen LogP contribution in [-0.4, -0.2) is 12.0 Å². The molecule has 1 rings (SSSR count). The molecule has 0 amide bonds. The van der Waals surface area contributed by atoms with Crippen LogP contribution in [0.1, 0.15) is 0 Å². The average Bonchev–Trinajstić information content (AvgIpc) is 1.97. The molecule has 1 aromatic heterocycles. The molecule has 0 atom stereocenters. The molecular weight excluding hydrogens is 218 g/mol. The van der Waals surface area contributed by atoms with Crippen molar-refractivity contribution in [2.45, 2.75) is 0 Å². The molecule has 11 heavy (non-hydrogen) atoms. The van der Waals surface area contributed by atoms with Crippen LogP contribution < -0.4 is 5.32 Å². The Labute approximate surface area is 70.8 Å². The molecular formula is C6H5BrF2N2. The number of hydrogen-bond donors (Lipinski definition) is 1. The van der Waals surface area contributed by atoms with Crippen molar-refractivity contribution < 1.29 is 8.78 Å². The van der Waals surface area contributed by atoms with E-state index in [4.69, 9.17) is 0 Å². The van der Waals surface area contributed by atoms with Gasteiger partial charge in [-0.25, -0.2) is 4.39 Å². The third-order valence-electron chi connectivity index (χ3n) is 1.12. The smallest absolute Gasteiger partial charge is 0.229 e. The topological polar surface area (TPSA) is 24.9 Å². The fourth-order valence-corrected chi connectivity index (χ4v) is 0.909. The third-order valence-corrected chi connectivity index (χ3v) is 1.68. The van der Waals surface area contributed by atoms with Crippen LogP contribution in [0, 0.1) is 11.8 Å². The number of halogens is 3. The number of nitrogens with zero attached hydrogens (tertiary/aromatic N) is 1. The monoisotopic (exact) mass is 222 g/mol. The quantitative estimate of drug-likeness (QED) is 0.738. The van der Waals surface area contributed by atoms with Gasteiger partial charge in [0, 0.05) is 7.05 Å². The standard InChI is InChI=1S/C6H5BrF2N2/c1-10-6-4(8)2-3(7)5(9)11-6/h2H,1H3,(H,10,11). The summed E-state index contributed by atoms with van der Waals surface area (Å²) in [5, 5.41) is 2.42. The minimum absolute atomic E-state index is 0.0222. The van der Waals surface area contributed by atoms with Gasteiger partial charge in [0.2, 0.25) is 5.95 Å². The van der Waals surface area contributed by atoms with E-state index in [2.05, 4.69) is 26.2 Å². The largest absolute Gasteiger partial charge is 0.371 e. The van der Waals surface area contributed by atoms with E-state index < -0.39 is 11.8 Å². The van der Waals surface area contributed by atoms with E-state index in [9.17, 15) is 8.78 Å². The van der Waals surface area contributed by atoms with E-state index >= 15 is 0 Å². The minimum Gasteiger partial charge on any atom is -0.371 e. The summed E-state index contributed by atoms with van der Waals surface area (Å²) in [4.78, 5) is 3.29. The highest BCUT2D eigenvalue weighted by atomic mass is 79.9. The number of nitrogens with one attached hydrogen (secondary N) is 1. The van der Waals surface area contributed by atoms with Crippen LogP contribution >= 0.6 is 15.9 Å². The van der Waals surface area contributed by atoms with Gasteiger partial charge >= 0.3 is 0 Å². The van der Waals surface area contributed by atoms with Gasteiger partial charge in [0.25, 0.3) is 0 Å². The normalized spacial score (nSPS) is 9.82. The van der Waals surface area contributed by atoms with Gasteiger partial charge in [0.1, 0.15) is 0 Å². The maximum atomic E-state index is 12.7. The molecule has 1 heterocycles. The molecule has 1 N–H and O–H groups in total. The highest BCUT2D eigenvalue weighted by molar-refractivity contribution is 9.10. The molecule has 0 aliphatic rings. The number of rotatable bonds is 1. The molecule has 0 unspecified atom stereocenters. The van der Waals surface area contributed by atoms with E-state index in [1.807, 2.05) is 0 Å². The molecule has 0 saturated heterocycles. The molecule has 1 aromatic rings. The second kappa shape index (κ2) is 3.13. The zero-order valence-corrected chi connectivity index (χ0v) is 7.24. The van der Waals surface area contributed by atoms with Crippen LogP contribution in [0.15, 0.2) is 10.5 Å². The van der Waals surface area contributed by atoms with E-state index in [0.717, 1.165) is 6.07 Å². The molecule has 0 bridgehead atoms. The molecule has 2 nitrogen and oxygen atoms in total. The van der Waals surface area contributed by atoms with Crippen molar-refractivity contribution in [1.29, 1.82) is 0 Å². The second-order valence-electron chi connectivity index (χ2n) is 1.84. The minimum atomic E-state index is -0.726. The SMILES string of the molecule is CNc1nc(F)c(Br)cc1F. The van der Waals surface area contributed by atoms with Crippen LogP contribution in [0.5, 0.6) is 0 Å². The highest BCUT2D eigenvalue weighted by Gasteiger charge is 2.07. The fourth-order valence-electron chi connectivity index (χ4n) is 0.619. The maximum Gasteiger partial charge on any atom is 0.229 e. The molecule has 0 fully saturated rings. The van der Waals surface area contributed by atoms with Gasteiger partial charge in [-0.3, -0.25) is 0 Å². The molecule has 0 radical (unpaired) electrons. The first-order valence-electron chi connectivity index (χ1n) is 2.84. The first-order chi connectivity index (χ1) is 5.15. The van der Waals surface area contributed by atoms with Gasteiger partial charge in [0.05, 0.1) is 4.47 Å². The first-order valence-corrected chi connectivity index (χ1v) is 3.63. The van der Waals surface area contributed by atoms with Crippen molar-refractivity contribution in [1.82, 2.24) is 4.98 Å². The summed E-state index contributed by atoms with van der Waals surface area (Å²) in [6.45, 7) is 0. The van der Waals surface area contributed by atoms with E-state index in [0.29, 0.717) is 0 Å². The summed E-state index contributed by atoms with van der Waals surface area (Å²) in [6.07, 6.45) is 0. The lowest BCUT2D eigenvalue weighted by Gasteiger charge is -2.00. The highest BCUT2D eigenvalue weighted by Crippen LogP contribution is 2.18. The van der Waals surface area contributed by atoms with Gasteiger partial charge in [-0.05, 0) is 22.0 Å². The van der Waals surface area contributed by atoms with E-state index in [1.165, 1.54) is 7.05 Å². The maximum absolute atomic E-state index is 12.7. The Kier molecular flexibility index (Phi) is 2.38. The number of hydrogen-bond acceptors (Lipinski definition) is 2. The van der Waals surface area contributed by atoms with Crippen molar-refractivity contribution in [3.05, 3.63) is 22.3 Å². The Bertz CT molecular complexity index is 278. The molecule has 0 aliphatic carbocycles. The Morgan fingerprint density at radius 2 is 2.18 bits per heavy atom. The number of anilines is 1. The summed E-state index contributed by atoms with van der Waals surface area (Å²) in [5.41, 5.74) is 0. The van der Waals surface area contributed by atoms with Crippen molar-refractivity contribution in [3.63, 3.8) is 0 Å². The Hall–Kier alpha value is -0.710. The van der Waals surface area contributed by atoms with Gasteiger partial charge in [-0.1, -0.05) is 0 Å². The van der Waals surface area contributed by atoms with Crippen molar-refractivity contribution in [3.8, 4) is 0 Å². The van der Waals surface area contributed by atoms with E-state index in [1.54, 1.807) is 0 Å². The predicted molar refractivity (Wildman–Crippen MR) is 41.4 cm³/mol. The van der Waals surface area contributed by atoms with Gasteiger partial charge in [0.15, 0.2) is 11.6 Å². The Balaban J connectivity index is 3.21. The van der Waals surface area contributed by atoms with Crippen LogP contribution in [0.2, 0.25) is 0 Å². The summed E-state index contributed by atoms with van der Waals surface area (Å²) in [5.74, 6) is -1.40. The lowest BCUT2D eigenvalue weighted by molar-refractivity contribution is 0.557. The van der Waals surface area contributed by atoms with Crippen molar-refractivity contribution in [2.24, 2.45) is 0 Å². The first kappa shape index (κ1) is 8.39. The lowest BCUT2D eigenvalue weighted by Crippen LogP contribution is -1.98. The zero-order valence-electron chi connectivity index (χ0n) is 5.66. The van der Waals surface area contributed by atoms with E-state index in [-0.39, 0.29) is 10.3 Å². The summed E-state index contributed by atoms with van der Waals surface area (Å²) < 4.78 is 25.3. The molecule has 60 valence electrons. The van der Waals surface area contributed by atoms with Gasteiger partial charge in [-0.2, -0.15) is 9.37 Å². The summed E-state index contributed by atoms with van der Waals surface area (Å²) in [6, 6.07) is 1.02. The van der Waals surface area contributed by atoms with Crippen molar-refractivity contribution >= 4 is 21.7 Å². The van der Waals surface area contributed by atoms with Crippen LogP contribution in [0.25, 0.3) is 0 Å². The Morgan fingerprint density at radius 3 is 2.73 bits per heavy atom. The molecule has 0 aliphatic heterocycles. The van der Waals surface area contributed by atoms with Gasteiger partial charge in [-0.15, -0.1) is 0 Å². The van der Waals surface area contributed by atoms with Crippen LogP contribution in [0.4, 0.5) is 14.6 Å². The van der Waals surface area contributed by atoms with Gasteiger partial charge < -0.3 is 5.32 Å². The number of pyridine rings is 1. The van der Waals surface area contributed by atoms with Crippen LogP contribution in [0.3, 0.4) is 0 Å². The summed E-state index contributed by atoms with van der Waals surface area (Å²) in [7, 11) is 1.47. The molecule has 0 spiro atoms. The number of aromatic nitrogens is 1. The molecule has 0 aromatic carbocycles. The van der Waals surface area contributed by atoms with Crippen molar-refractivity contribution in [2.75, 3.05) is 12.4 Å². The third kappa shape index (κ3) is 1.65. The Morgan fingerprint density at radius 1 is 1.55 bits per heavy atom. The second-order valence-corrected chi connectivity index (χ2v) is 2.70. The van der Waals surface area contributed by atoms with Crippen LogP contribution in [-0.2, 0) is 0 Å². The lowest BCUT2D eigenvalue weighted by atomic mass is 10.4. The summed E-state index contributed by atoms with van der Waals surface area (Å²) >= 11 is 2.80. The zero-order chi connectivity index (χ0) is 8.43. The fraction of sp³-hybridized carbons (Fsp3) is 0.167. The molecule has 5 heteroatoms. The predicted octanol–water partition coefficient (Wildman–Crippen LogP) is 2.16. The average molecular weight is 223 g/mol. The molecule has 0 saturated carbocycles.